The highest BCUT2D eigenvalue weighted by molar-refractivity contribution is 5.99. The maximum atomic E-state index is 11.5. The number of amides is 1. The Hall–Kier alpha value is -1.83. The van der Waals surface area contributed by atoms with Gasteiger partial charge in [0.05, 0.1) is 13.0 Å². The van der Waals surface area contributed by atoms with Crippen molar-refractivity contribution in [1.29, 1.82) is 0 Å². The Morgan fingerprint density at radius 2 is 2.16 bits per heavy atom. The van der Waals surface area contributed by atoms with Crippen LogP contribution < -0.4 is 5.32 Å². The molecule has 0 unspecified atom stereocenters. The maximum absolute atomic E-state index is 11.5. The number of unbranched alkanes of at least 4 members (excludes halogenated alkanes) is 3. The summed E-state index contributed by atoms with van der Waals surface area (Å²) in [6.07, 6.45) is 9.08. The Labute approximate surface area is 113 Å². The monoisotopic (exact) mass is 265 g/mol. The average molecular weight is 265 g/mol. The second-order valence-corrected chi connectivity index (χ2v) is 4.56. The van der Waals surface area contributed by atoms with E-state index in [4.69, 9.17) is 11.2 Å². The van der Waals surface area contributed by atoms with Crippen LogP contribution in [0.25, 0.3) is 0 Å². The van der Waals surface area contributed by atoms with E-state index in [0.717, 1.165) is 25.7 Å². The van der Waals surface area contributed by atoms with Gasteiger partial charge in [-0.3, -0.25) is 9.59 Å². The lowest BCUT2D eigenvalue weighted by Crippen LogP contribution is -2.38. The van der Waals surface area contributed by atoms with Crippen molar-refractivity contribution in [2.75, 3.05) is 6.61 Å². The number of rotatable bonds is 8. The fourth-order valence-electron chi connectivity index (χ4n) is 1.87. The number of ether oxygens (including phenoxy) is 1. The highest BCUT2D eigenvalue weighted by Crippen LogP contribution is 2.07. The smallest absolute Gasteiger partial charge is 0.328 e. The number of carbonyl (C=O) groups excluding carboxylic acids is 3. The molecular weight excluding hydrogens is 246 g/mol. The maximum Gasteiger partial charge on any atom is 0.328 e. The number of esters is 1. The molecule has 0 aromatic rings. The predicted molar refractivity (Wildman–Crippen MR) is 69.0 cm³/mol. The Kier molecular flexibility index (Phi) is 6.65. The molecular formula is C14H19NO4. The molecule has 19 heavy (non-hydrogen) atoms. The van der Waals surface area contributed by atoms with E-state index in [2.05, 4.69) is 11.2 Å². The molecule has 1 heterocycles. The third kappa shape index (κ3) is 6.05. The van der Waals surface area contributed by atoms with Gasteiger partial charge in [-0.1, -0.05) is 6.42 Å². The molecule has 0 radical (unpaired) electrons. The highest BCUT2D eigenvalue weighted by atomic mass is 16.5. The van der Waals surface area contributed by atoms with Crippen molar-refractivity contribution in [2.24, 2.45) is 0 Å². The van der Waals surface area contributed by atoms with E-state index >= 15 is 0 Å². The number of terminal acetylenes is 1. The molecule has 104 valence electrons. The van der Waals surface area contributed by atoms with Gasteiger partial charge in [0.25, 0.3) is 0 Å². The minimum Gasteiger partial charge on any atom is -0.464 e. The molecule has 0 aromatic carbocycles. The van der Waals surface area contributed by atoms with Gasteiger partial charge in [-0.05, 0) is 12.8 Å². The van der Waals surface area contributed by atoms with Crippen molar-refractivity contribution < 1.29 is 19.1 Å². The second kappa shape index (κ2) is 8.30. The van der Waals surface area contributed by atoms with Crippen molar-refractivity contribution >= 4 is 17.7 Å². The lowest BCUT2D eigenvalue weighted by molar-refractivity contribution is -0.142. The van der Waals surface area contributed by atoms with Crippen molar-refractivity contribution in [3.8, 4) is 12.3 Å². The first-order valence-corrected chi connectivity index (χ1v) is 6.54. The molecule has 0 bridgehead atoms. The Morgan fingerprint density at radius 3 is 2.79 bits per heavy atom. The summed E-state index contributed by atoms with van der Waals surface area (Å²) in [5.41, 5.74) is 0. The van der Waals surface area contributed by atoms with E-state index in [0.29, 0.717) is 19.4 Å². The molecule has 1 saturated heterocycles. The average Bonchev–Trinajstić information content (AvgIpc) is 2.74. The number of Topliss-reactive ketones (excluding diaryl/α,β-unsaturated/α-hetero) is 1. The van der Waals surface area contributed by atoms with Gasteiger partial charge < -0.3 is 10.1 Å². The van der Waals surface area contributed by atoms with Gasteiger partial charge in [0.2, 0.25) is 5.91 Å². The third-order valence-electron chi connectivity index (χ3n) is 2.91. The molecule has 0 spiro atoms. The van der Waals surface area contributed by atoms with Gasteiger partial charge >= 0.3 is 5.97 Å². The summed E-state index contributed by atoms with van der Waals surface area (Å²) in [6.45, 7) is 0.326. The molecule has 5 heteroatoms. The van der Waals surface area contributed by atoms with Crippen molar-refractivity contribution in [1.82, 2.24) is 5.32 Å². The summed E-state index contributed by atoms with van der Waals surface area (Å²) in [6, 6.07) is -0.587. The summed E-state index contributed by atoms with van der Waals surface area (Å²) >= 11 is 0. The molecule has 0 aromatic heterocycles. The molecule has 1 aliphatic heterocycles. The van der Waals surface area contributed by atoms with Crippen LogP contribution in [0.1, 0.15) is 44.9 Å². The molecule has 1 amide bonds. The molecule has 1 N–H and O–H groups in total. The molecule has 1 rings (SSSR count). The van der Waals surface area contributed by atoms with Crippen molar-refractivity contribution in [3.05, 3.63) is 0 Å². The van der Waals surface area contributed by atoms with E-state index in [1.165, 1.54) is 0 Å². The van der Waals surface area contributed by atoms with Crippen LogP contribution >= 0.6 is 0 Å². The molecule has 1 fully saturated rings. The Morgan fingerprint density at radius 1 is 1.37 bits per heavy atom. The molecule has 0 saturated carbocycles. The fourth-order valence-corrected chi connectivity index (χ4v) is 1.87. The number of carbonyl (C=O) groups is 3. The zero-order chi connectivity index (χ0) is 14.1. The van der Waals surface area contributed by atoms with E-state index in [1.54, 1.807) is 0 Å². The second-order valence-electron chi connectivity index (χ2n) is 4.56. The van der Waals surface area contributed by atoms with Crippen LogP contribution in [0.15, 0.2) is 0 Å². The molecule has 1 aliphatic rings. The van der Waals surface area contributed by atoms with Crippen LogP contribution in [-0.4, -0.2) is 30.3 Å². The lowest BCUT2D eigenvalue weighted by Gasteiger charge is -2.08. The highest BCUT2D eigenvalue weighted by Gasteiger charge is 2.28. The van der Waals surface area contributed by atoms with Gasteiger partial charge in [-0.2, -0.15) is 0 Å². The summed E-state index contributed by atoms with van der Waals surface area (Å²) in [7, 11) is 0. The molecule has 1 atom stereocenters. The van der Waals surface area contributed by atoms with Crippen LogP contribution in [0, 0.1) is 12.3 Å². The standard InChI is InChI=1S/C14H19NO4/c1-2-3-4-5-6-7-11(16)10-13(17)15-12-8-9-19-14(12)18/h1,12H,3-10H2,(H,15,17)/t12-/m0/s1. The van der Waals surface area contributed by atoms with Gasteiger partial charge in [0, 0.05) is 19.3 Å². The van der Waals surface area contributed by atoms with Crippen molar-refractivity contribution in [2.45, 2.75) is 51.0 Å². The first-order chi connectivity index (χ1) is 9.13. The van der Waals surface area contributed by atoms with Crippen LogP contribution in [-0.2, 0) is 19.1 Å². The SMILES string of the molecule is C#CCCCCCC(=O)CC(=O)N[C@H]1CCOC1=O. The summed E-state index contributed by atoms with van der Waals surface area (Å²) in [5, 5.41) is 2.51. The Balaban J connectivity index is 2.12. The first-order valence-electron chi connectivity index (χ1n) is 6.54. The summed E-state index contributed by atoms with van der Waals surface area (Å²) in [4.78, 5) is 34.2. The minimum atomic E-state index is -0.587. The topological polar surface area (TPSA) is 72.5 Å². The summed E-state index contributed by atoms with van der Waals surface area (Å²) in [5.74, 6) is 1.61. The summed E-state index contributed by atoms with van der Waals surface area (Å²) < 4.78 is 4.72. The van der Waals surface area contributed by atoms with E-state index in [-0.39, 0.29) is 12.2 Å². The van der Waals surface area contributed by atoms with Crippen molar-refractivity contribution in [3.63, 3.8) is 0 Å². The van der Waals surface area contributed by atoms with Gasteiger partial charge in [-0.15, -0.1) is 12.3 Å². The number of cyclic esters (lactones) is 1. The van der Waals surface area contributed by atoms with Gasteiger partial charge in [0.15, 0.2) is 0 Å². The van der Waals surface area contributed by atoms with Gasteiger partial charge in [0.1, 0.15) is 11.8 Å². The predicted octanol–water partition coefficient (Wildman–Crippen LogP) is 0.961. The fraction of sp³-hybridized carbons (Fsp3) is 0.643. The Bertz CT molecular complexity index is 383. The van der Waals surface area contributed by atoms with Gasteiger partial charge in [-0.25, -0.2) is 4.79 Å². The third-order valence-corrected chi connectivity index (χ3v) is 2.91. The largest absolute Gasteiger partial charge is 0.464 e. The van der Waals surface area contributed by atoms with Crippen LogP contribution in [0.2, 0.25) is 0 Å². The number of nitrogens with one attached hydrogen (secondary N) is 1. The van der Waals surface area contributed by atoms with Crippen LogP contribution in [0.5, 0.6) is 0 Å². The quantitative estimate of drug-likeness (QED) is 0.307. The zero-order valence-electron chi connectivity index (χ0n) is 10.9. The molecule has 5 nitrogen and oxygen atoms in total. The lowest BCUT2D eigenvalue weighted by atomic mass is 10.1. The zero-order valence-corrected chi connectivity index (χ0v) is 10.9. The van der Waals surface area contributed by atoms with Crippen LogP contribution in [0.4, 0.5) is 0 Å². The first kappa shape index (κ1) is 15.2. The normalized spacial score (nSPS) is 17.6. The number of hydrogen-bond donors (Lipinski definition) is 1. The van der Waals surface area contributed by atoms with E-state index < -0.39 is 17.9 Å². The number of ketones is 1. The van der Waals surface area contributed by atoms with E-state index in [9.17, 15) is 14.4 Å². The minimum absolute atomic E-state index is 0.107. The molecule has 0 aliphatic carbocycles. The number of hydrogen-bond acceptors (Lipinski definition) is 4. The van der Waals surface area contributed by atoms with Crippen LogP contribution in [0.3, 0.4) is 0 Å². The van der Waals surface area contributed by atoms with E-state index in [1.807, 2.05) is 0 Å².